The van der Waals surface area contributed by atoms with Gasteiger partial charge in [0.2, 0.25) is 0 Å². The number of nitrogens with zero attached hydrogens (tertiary/aromatic N) is 4. The Hall–Kier alpha value is -3.20. The quantitative estimate of drug-likeness (QED) is 0.687. The van der Waals surface area contributed by atoms with E-state index in [4.69, 9.17) is 0 Å². The second-order valence-electron chi connectivity index (χ2n) is 6.85. The summed E-state index contributed by atoms with van der Waals surface area (Å²) in [6, 6.07) is 13.4. The van der Waals surface area contributed by atoms with Crippen LogP contribution in [0.3, 0.4) is 0 Å². The van der Waals surface area contributed by atoms with Crippen molar-refractivity contribution in [1.29, 1.82) is 0 Å². The van der Waals surface area contributed by atoms with Crippen molar-refractivity contribution in [1.82, 2.24) is 19.7 Å². The number of pyridine rings is 1. The van der Waals surface area contributed by atoms with Crippen LogP contribution in [0.2, 0.25) is 0 Å². The maximum Gasteiger partial charge on any atom is 0.255 e. The molecule has 1 amide bonds. The Balaban J connectivity index is 1.33. The minimum atomic E-state index is -3.01. The van der Waals surface area contributed by atoms with Gasteiger partial charge in [-0.3, -0.25) is 4.79 Å². The van der Waals surface area contributed by atoms with Crippen LogP contribution in [0.1, 0.15) is 15.9 Å². The second kappa shape index (κ2) is 8.04. The van der Waals surface area contributed by atoms with Gasteiger partial charge in [-0.25, -0.2) is 18.1 Å². The number of anilines is 1. The third-order valence-corrected chi connectivity index (χ3v) is 6.43. The van der Waals surface area contributed by atoms with Crippen molar-refractivity contribution in [2.45, 2.75) is 6.54 Å². The van der Waals surface area contributed by atoms with E-state index in [1.54, 1.807) is 27.9 Å². The number of amides is 1. The van der Waals surface area contributed by atoms with E-state index in [2.05, 4.69) is 15.4 Å². The number of aromatic nitrogens is 3. The Kier molecular flexibility index (Phi) is 5.30. The monoisotopic (exact) mass is 411 g/mol. The number of hydrogen-bond donors (Lipinski definition) is 1. The summed E-state index contributed by atoms with van der Waals surface area (Å²) in [6.07, 6.45) is 5.15. The molecule has 9 heteroatoms. The Morgan fingerprint density at radius 3 is 2.45 bits per heavy atom. The number of sulfone groups is 1. The molecule has 1 N–H and O–H groups in total. The van der Waals surface area contributed by atoms with E-state index in [1.165, 1.54) is 6.20 Å². The van der Waals surface area contributed by atoms with Gasteiger partial charge in [-0.15, -0.1) is 0 Å². The number of hydrogen-bond acceptors (Lipinski definition) is 6. The van der Waals surface area contributed by atoms with Crippen molar-refractivity contribution in [2.75, 3.05) is 29.9 Å². The minimum absolute atomic E-state index is 0.0188. The normalized spacial score (nSPS) is 15.8. The molecule has 4 rings (SSSR count). The van der Waals surface area contributed by atoms with Gasteiger partial charge in [-0.1, -0.05) is 12.1 Å². The number of carbonyl (C=O) groups is 1. The highest BCUT2D eigenvalue weighted by atomic mass is 32.2. The molecule has 1 aliphatic rings. The Morgan fingerprint density at radius 1 is 1.07 bits per heavy atom. The summed E-state index contributed by atoms with van der Waals surface area (Å²) in [6.45, 7) is 1.06. The van der Waals surface area contributed by atoms with Crippen molar-refractivity contribution in [2.24, 2.45) is 0 Å². The summed E-state index contributed by atoms with van der Waals surface area (Å²) in [5.74, 6) is 0.516. The van der Waals surface area contributed by atoms with Gasteiger partial charge in [0.05, 0.1) is 22.8 Å². The summed E-state index contributed by atoms with van der Waals surface area (Å²) in [7, 11) is -3.01. The Bertz CT molecular complexity index is 1060. The molecule has 1 aliphatic heterocycles. The van der Waals surface area contributed by atoms with E-state index < -0.39 is 9.84 Å². The van der Waals surface area contributed by atoms with Gasteiger partial charge in [0, 0.05) is 38.2 Å². The molecule has 29 heavy (non-hydrogen) atoms. The van der Waals surface area contributed by atoms with Crippen LogP contribution in [0.5, 0.6) is 0 Å². The van der Waals surface area contributed by atoms with E-state index in [-0.39, 0.29) is 30.5 Å². The van der Waals surface area contributed by atoms with Crippen LogP contribution in [0.25, 0.3) is 5.69 Å². The minimum Gasteiger partial charge on any atom is -0.366 e. The second-order valence-corrected chi connectivity index (χ2v) is 9.15. The molecule has 2 aromatic heterocycles. The molecular weight excluding hydrogens is 390 g/mol. The van der Waals surface area contributed by atoms with Gasteiger partial charge in [0.1, 0.15) is 5.82 Å². The molecule has 150 valence electrons. The van der Waals surface area contributed by atoms with Crippen LogP contribution in [0, 0.1) is 0 Å². The lowest BCUT2D eigenvalue weighted by molar-refractivity contribution is 0.0770. The molecule has 0 saturated carbocycles. The van der Waals surface area contributed by atoms with Gasteiger partial charge in [-0.05, 0) is 35.9 Å². The predicted molar refractivity (Wildman–Crippen MR) is 110 cm³/mol. The summed E-state index contributed by atoms with van der Waals surface area (Å²) >= 11 is 0. The molecule has 0 spiro atoms. The highest BCUT2D eigenvalue weighted by Crippen LogP contribution is 2.13. The standard InChI is InChI=1S/C20H21N5O3S/c26-20(24-10-12-29(27,28)13-11-24)17-4-7-19(22-15-17)21-14-16-2-5-18(6-3-16)25-9-1-8-23-25/h1-9,15H,10-14H2,(H,21,22). The number of rotatable bonds is 5. The largest absolute Gasteiger partial charge is 0.366 e. The van der Waals surface area contributed by atoms with Crippen molar-refractivity contribution in [3.63, 3.8) is 0 Å². The maximum atomic E-state index is 12.5. The first-order valence-electron chi connectivity index (χ1n) is 9.29. The van der Waals surface area contributed by atoms with E-state index in [0.717, 1.165) is 11.3 Å². The zero-order chi connectivity index (χ0) is 20.3. The first-order valence-corrected chi connectivity index (χ1v) is 11.1. The summed E-state index contributed by atoms with van der Waals surface area (Å²) in [4.78, 5) is 18.4. The molecule has 3 aromatic rings. The molecule has 0 bridgehead atoms. The smallest absolute Gasteiger partial charge is 0.255 e. The van der Waals surface area contributed by atoms with Gasteiger partial charge in [0.25, 0.3) is 5.91 Å². The van der Waals surface area contributed by atoms with Gasteiger partial charge in [-0.2, -0.15) is 5.10 Å². The fourth-order valence-corrected chi connectivity index (χ4v) is 4.30. The maximum absolute atomic E-state index is 12.5. The fourth-order valence-electron chi connectivity index (χ4n) is 3.10. The van der Waals surface area contributed by atoms with Crippen molar-refractivity contribution >= 4 is 21.6 Å². The highest BCUT2D eigenvalue weighted by molar-refractivity contribution is 7.91. The summed E-state index contributed by atoms with van der Waals surface area (Å²) in [5.41, 5.74) is 2.54. The molecule has 0 radical (unpaired) electrons. The number of carbonyl (C=O) groups excluding carboxylic acids is 1. The first kappa shape index (κ1) is 19.1. The van der Waals surface area contributed by atoms with Gasteiger partial charge >= 0.3 is 0 Å². The van der Waals surface area contributed by atoms with E-state index >= 15 is 0 Å². The Labute approximate surface area is 169 Å². The van der Waals surface area contributed by atoms with E-state index in [9.17, 15) is 13.2 Å². The number of benzene rings is 1. The van der Waals surface area contributed by atoms with Crippen LogP contribution >= 0.6 is 0 Å². The van der Waals surface area contributed by atoms with Crippen molar-refractivity contribution in [3.8, 4) is 5.69 Å². The number of nitrogens with one attached hydrogen (secondary N) is 1. The molecule has 1 aromatic carbocycles. The van der Waals surface area contributed by atoms with E-state index in [0.29, 0.717) is 17.9 Å². The lowest BCUT2D eigenvalue weighted by Crippen LogP contribution is -2.43. The molecule has 0 atom stereocenters. The summed E-state index contributed by atoms with van der Waals surface area (Å²) in [5, 5.41) is 7.44. The third-order valence-electron chi connectivity index (χ3n) is 4.82. The third kappa shape index (κ3) is 4.62. The zero-order valence-corrected chi connectivity index (χ0v) is 16.5. The van der Waals surface area contributed by atoms with E-state index in [1.807, 2.05) is 36.5 Å². The summed E-state index contributed by atoms with van der Waals surface area (Å²) < 4.78 is 24.8. The predicted octanol–water partition coefficient (Wildman–Crippen LogP) is 1.75. The topological polar surface area (TPSA) is 97.2 Å². The fraction of sp³-hybridized carbons (Fsp3) is 0.250. The van der Waals surface area contributed by atoms with Crippen LogP contribution in [0.4, 0.5) is 5.82 Å². The molecule has 1 fully saturated rings. The lowest BCUT2D eigenvalue weighted by atomic mass is 10.2. The zero-order valence-electron chi connectivity index (χ0n) is 15.7. The van der Waals surface area contributed by atoms with Gasteiger partial charge < -0.3 is 10.2 Å². The first-order chi connectivity index (χ1) is 14.0. The van der Waals surface area contributed by atoms with Crippen molar-refractivity contribution < 1.29 is 13.2 Å². The molecule has 8 nitrogen and oxygen atoms in total. The van der Waals surface area contributed by atoms with Crippen LogP contribution < -0.4 is 5.32 Å². The Morgan fingerprint density at radius 2 is 1.83 bits per heavy atom. The molecule has 0 unspecified atom stereocenters. The molecule has 1 saturated heterocycles. The average Bonchev–Trinajstić information content (AvgIpc) is 3.27. The van der Waals surface area contributed by atoms with Crippen LogP contribution in [-0.4, -0.2) is 58.6 Å². The van der Waals surface area contributed by atoms with Gasteiger partial charge in [0.15, 0.2) is 9.84 Å². The molecule has 3 heterocycles. The van der Waals surface area contributed by atoms with Crippen LogP contribution in [0.15, 0.2) is 61.1 Å². The lowest BCUT2D eigenvalue weighted by Gasteiger charge is -2.26. The SMILES string of the molecule is O=C(c1ccc(NCc2ccc(-n3cccn3)cc2)nc1)N1CCS(=O)(=O)CC1. The van der Waals surface area contributed by atoms with Crippen molar-refractivity contribution in [3.05, 3.63) is 72.2 Å². The molecular formula is C20H21N5O3S. The van der Waals surface area contributed by atoms with Crippen LogP contribution in [-0.2, 0) is 16.4 Å². The molecule has 0 aliphatic carbocycles. The average molecular weight is 411 g/mol. The highest BCUT2D eigenvalue weighted by Gasteiger charge is 2.25.